The standard InChI is InChI=1S/C33H38N2O4/c1-5-9-29(25-15-13-24(14-16-25)22-23(2)3)39-27-19-17-26(18-20-27)33(37)32-28-10-6-7-21-35(28)30(34-32)11-8-12-31(36)38-4/h6-7,10,13-21,23,29H,5,8-9,11-12,22H2,1-4H3. The highest BCUT2D eigenvalue weighted by molar-refractivity contribution is 6.11. The van der Waals surface area contributed by atoms with E-state index in [-0.39, 0.29) is 17.9 Å². The third kappa shape index (κ3) is 7.14. The first-order valence-corrected chi connectivity index (χ1v) is 13.8. The molecular formula is C33H38N2O4. The van der Waals surface area contributed by atoms with Gasteiger partial charge in [-0.1, -0.05) is 57.5 Å². The number of benzene rings is 2. The number of pyridine rings is 1. The minimum Gasteiger partial charge on any atom is -0.486 e. The van der Waals surface area contributed by atoms with Gasteiger partial charge in [-0.2, -0.15) is 0 Å². The van der Waals surface area contributed by atoms with Crippen molar-refractivity contribution in [2.45, 2.75) is 65.4 Å². The summed E-state index contributed by atoms with van der Waals surface area (Å²) < 4.78 is 13.0. The predicted octanol–water partition coefficient (Wildman–Crippen LogP) is 7.18. The third-order valence-corrected chi connectivity index (χ3v) is 6.79. The molecule has 2 aromatic heterocycles. The molecule has 6 nitrogen and oxygen atoms in total. The minimum atomic E-state index is -0.251. The van der Waals surface area contributed by atoms with Crippen LogP contribution in [0.3, 0.4) is 0 Å². The van der Waals surface area contributed by atoms with E-state index in [1.54, 1.807) is 12.1 Å². The Hall–Kier alpha value is -3.93. The van der Waals surface area contributed by atoms with Crippen molar-refractivity contribution >= 4 is 17.3 Å². The molecule has 0 saturated carbocycles. The molecule has 1 atom stereocenters. The van der Waals surface area contributed by atoms with Gasteiger partial charge in [-0.25, -0.2) is 4.98 Å². The number of carbonyl (C=O) groups is 2. The summed E-state index contributed by atoms with van der Waals surface area (Å²) >= 11 is 0. The summed E-state index contributed by atoms with van der Waals surface area (Å²) in [4.78, 5) is 29.7. The van der Waals surface area contributed by atoms with Gasteiger partial charge in [0.25, 0.3) is 0 Å². The van der Waals surface area contributed by atoms with E-state index in [1.165, 1.54) is 12.7 Å². The van der Waals surface area contributed by atoms with Crippen molar-refractivity contribution in [3.8, 4) is 5.75 Å². The zero-order valence-corrected chi connectivity index (χ0v) is 23.4. The monoisotopic (exact) mass is 526 g/mol. The number of ketones is 1. The molecule has 0 radical (unpaired) electrons. The second-order valence-electron chi connectivity index (χ2n) is 10.4. The van der Waals surface area contributed by atoms with E-state index < -0.39 is 0 Å². The van der Waals surface area contributed by atoms with Gasteiger partial charge >= 0.3 is 5.97 Å². The number of nitrogens with zero attached hydrogens (tertiary/aromatic N) is 2. The predicted molar refractivity (Wildman–Crippen MR) is 153 cm³/mol. The number of esters is 1. The maximum atomic E-state index is 13.5. The van der Waals surface area contributed by atoms with E-state index in [4.69, 9.17) is 9.47 Å². The number of hydrogen-bond donors (Lipinski definition) is 0. The molecule has 0 aliphatic rings. The Kier molecular flexibility index (Phi) is 9.53. The number of aryl methyl sites for hydroxylation is 1. The zero-order valence-electron chi connectivity index (χ0n) is 23.4. The van der Waals surface area contributed by atoms with Crippen LogP contribution in [0.2, 0.25) is 0 Å². The summed E-state index contributed by atoms with van der Waals surface area (Å²) in [5.41, 5.74) is 4.21. The summed E-state index contributed by atoms with van der Waals surface area (Å²) in [6.07, 6.45) is 6.30. The van der Waals surface area contributed by atoms with Crippen LogP contribution < -0.4 is 4.74 Å². The van der Waals surface area contributed by atoms with Gasteiger partial charge in [0.15, 0.2) is 0 Å². The highest BCUT2D eigenvalue weighted by Crippen LogP contribution is 2.28. The molecule has 0 spiro atoms. The molecule has 204 valence electrons. The molecule has 0 N–H and O–H groups in total. The van der Waals surface area contributed by atoms with Crippen molar-refractivity contribution in [3.63, 3.8) is 0 Å². The molecule has 0 aliphatic heterocycles. The molecular weight excluding hydrogens is 488 g/mol. The number of imidazole rings is 1. The van der Waals surface area contributed by atoms with Crippen molar-refractivity contribution in [1.82, 2.24) is 9.38 Å². The van der Waals surface area contributed by atoms with Gasteiger partial charge < -0.3 is 13.9 Å². The van der Waals surface area contributed by atoms with E-state index in [1.807, 2.05) is 40.9 Å². The summed E-state index contributed by atoms with van der Waals surface area (Å²) in [6.45, 7) is 6.62. The van der Waals surface area contributed by atoms with Crippen molar-refractivity contribution in [1.29, 1.82) is 0 Å². The van der Waals surface area contributed by atoms with E-state index >= 15 is 0 Å². The van der Waals surface area contributed by atoms with Crippen LogP contribution in [-0.4, -0.2) is 28.2 Å². The normalized spacial score (nSPS) is 12.0. The van der Waals surface area contributed by atoms with Crippen LogP contribution in [-0.2, 0) is 22.4 Å². The highest BCUT2D eigenvalue weighted by Gasteiger charge is 2.20. The summed E-state index contributed by atoms with van der Waals surface area (Å²) in [7, 11) is 1.38. The fourth-order valence-corrected chi connectivity index (χ4v) is 4.82. The van der Waals surface area contributed by atoms with Crippen molar-refractivity contribution in [3.05, 3.63) is 101 Å². The Balaban J connectivity index is 1.49. The fraction of sp³-hybridized carbons (Fsp3) is 0.364. The van der Waals surface area contributed by atoms with Gasteiger partial charge in [0, 0.05) is 24.6 Å². The first kappa shape index (κ1) is 28.1. The van der Waals surface area contributed by atoms with Gasteiger partial charge in [0.1, 0.15) is 23.4 Å². The Morgan fingerprint density at radius 1 is 0.974 bits per heavy atom. The third-order valence-electron chi connectivity index (χ3n) is 6.79. The van der Waals surface area contributed by atoms with Gasteiger partial charge in [-0.15, -0.1) is 0 Å². The zero-order chi connectivity index (χ0) is 27.8. The number of hydrogen-bond acceptors (Lipinski definition) is 5. The lowest BCUT2D eigenvalue weighted by molar-refractivity contribution is -0.140. The fourth-order valence-electron chi connectivity index (χ4n) is 4.82. The SMILES string of the molecule is CCCC(Oc1ccc(C(=O)c2nc(CCCC(=O)OC)n3ccccc23)cc1)c1ccc(CC(C)C)cc1. The summed E-state index contributed by atoms with van der Waals surface area (Å²) in [5, 5.41) is 0. The number of rotatable bonds is 13. The number of fused-ring (bicyclic) bond motifs is 1. The maximum absolute atomic E-state index is 13.5. The second kappa shape index (κ2) is 13.2. The van der Waals surface area contributed by atoms with Crippen molar-refractivity contribution in [2.75, 3.05) is 7.11 Å². The van der Waals surface area contributed by atoms with Gasteiger partial charge in [-0.3, -0.25) is 9.59 Å². The number of carbonyl (C=O) groups excluding carboxylic acids is 2. The Morgan fingerprint density at radius 2 is 1.72 bits per heavy atom. The smallest absolute Gasteiger partial charge is 0.305 e. The average molecular weight is 527 g/mol. The van der Waals surface area contributed by atoms with Gasteiger partial charge in [-0.05, 0) is 72.7 Å². The molecule has 0 saturated heterocycles. The lowest BCUT2D eigenvalue weighted by atomic mass is 9.99. The molecule has 0 bridgehead atoms. The van der Waals surface area contributed by atoms with Crippen LogP contribution in [0.15, 0.2) is 72.9 Å². The largest absolute Gasteiger partial charge is 0.486 e. The van der Waals surface area contributed by atoms with Crippen LogP contribution in [0.1, 0.15) is 85.6 Å². The molecule has 4 aromatic rings. The van der Waals surface area contributed by atoms with Crippen LogP contribution in [0, 0.1) is 5.92 Å². The van der Waals surface area contributed by atoms with Gasteiger partial charge in [0.2, 0.25) is 5.78 Å². The average Bonchev–Trinajstić information content (AvgIpc) is 3.31. The molecule has 6 heteroatoms. The molecule has 4 rings (SSSR count). The van der Waals surface area contributed by atoms with Crippen molar-refractivity contribution in [2.24, 2.45) is 5.92 Å². The molecule has 0 amide bonds. The first-order chi connectivity index (χ1) is 18.9. The second-order valence-corrected chi connectivity index (χ2v) is 10.4. The van der Waals surface area contributed by atoms with Gasteiger partial charge in [0.05, 0.1) is 12.6 Å². The molecule has 2 heterocycles. The quantitative estimate of drug-likeness (QED) is 0.136. The van der Waals surface area contributed by atoms with E-state index in [0.717, 1.165) is 41.9 Å². The van der Waals surface area contributed by atoms with Crippen LogP contribution in [0.25, 0.3) is 5.52 Å². The lowest BCUT2D eigenvalue weighted by Crippen LogP contribution is -2.08. The van der Waals surface area contributed by atoms with E-state index in [9.17, 15) is 9.59 Å². The molecule has 39 heavy (non-hydrogen) atoms. The molecule has 1 unspecified atom stereocenters. The molecule has 0 fully saturated rings. The van der Waals surface area contributed by atoms with Crippen molar-refractivity contribution < 1.29 is 19.1 Å². The summed E-state index contributed by atoms with van der Waals surface area (Å²) in [6, 6.07) is 21.8. The molecule has 0 aliphatic carbocycles. The van der Waals surface area contributed by atoms with Crippen LogP contribution in [0.5, 0.6) is 5.75 Å². The Bertz CT molecular complexity index is 1390. The van der Waals surface area contributed by atoms with Crippen LogP contribution in [0.4, 0.5) is 0 Å². The minimum absolute atomic E-state index is 0.0470. The summed E-state index contributed by atoms with van der Waals surface area (Å²) in [5.74, 6) is 1.71. The first-order valence-electron chi connectivity index (χ1n) is 13.8. The van der Waals surface area contributed by atoms with E-state index in [2.05, 4.69) is 50.0 Å². The molecule has 2 aromatic carbocycles. The number of aromatic nitrogens is 2. The highest BCUT2D eigenvalue weighted by atomic mass is 16.5. The Labute approximate surface area is 231 Å². The van der Waals surface area contributed by atoms with E-state index in [0.29, 0.717) is 36.4 Å². The lowest BCUT2D eigenvalue weighted by Gasteiger charge is -2.20. The number of methoxy groups -OCH3 is 1. The topological polar surface area (TPSA) is 69.9 Å². The van der Waals surface area contributed by atoms with Crippen LogP contribution >= 0.6 is 0 Å². The Morgan fingerprint density at radius 3 is 2.38 bits per heavy atom. The number of ether oxygens (including phenoxy) is 2. The maximum Gasteiger partial charge on any atom is 0.305 e.